The second kappa shape index (κ2) is 5.99. The van der Waals surface area contributed by atoms with Crippen molar-refractivity contribution in [3.05, 3.63) is 69.9 Å². The van der Waals surface area contributed by atoms with Gasteiger partial charge in [-0.2, -0.15) is 4.99 Å². The van der Waals surface area contributed by atoms with Gasteiger partial charge in [0.15, 0.2) is 5.96 Å². The van der Waals surface area contributed by atoms with E-state index in [1.807, 2.05) is 0 Å². The molecule has 0 fully saturated rings. The topological polar surface area (TPSA) is 119 Å². The fraction of sp³-hybridized carbons (Fsp3) is 0.0625. The van der Waals surface area contributed by atoms with Crippen molar-refractivity contribution in [3.8, 4) is 0 Å². The third-order valence-corrected chi connectivity index (χ3v) is 3.51. The van der Waals surface area contributed by atoms with Crippen molar-refractivity contribution in [3.63, 3.8) is 0 Å². The normalized spacial score (nSPS) is 10.7. The Balaban J connectivity index is 2.05. The quantitative estimate of drug-likeness (QED) is 0.489. The molecule has 0 unspecified atom stereocenters. The van der Waals surface area contributed by atoms with Gasteiger partial charge in [0.25, 0.3) is 5.91 Å². The van der Waals surface area contributed by atoms with Crippen LogP contribution in [0.15, 0.2) is 52.3 Å². The van der Waals surface area contributed by atoms with E-state index in [1.54, 1.807) is 18.2 Å². The van der Waals surface area contributed by atoms with Crippen molar-refractivity contribution in [2.45, 2.75) is 6.54 Å². The van der Waals surface area contributed by atoms with E-state index < -0.39 is 5.91 Å². The second-order valence-electron chi connectivity index (χ2n) is 5.22. The van der Waals surface area contributed by atoms with Gasteiger partial charge in [-0.15, -0.1) is 0 Å². The lowest BCUT2D eigenvalue weighted by atomic mass is 10.1. The maximum absolute atomic E-state index is 13.0. The number of aromatic amines is 1. The summed E-state index contributed by atoms with van der Waals surface area (Å²) in [6, 6.07) is 10.5. The second-order valence-corrected chi connectivity index (χ2v) is 5.22. The van der Waals surface area contributed by atoms with E-state index in [9.17, 15) is 14.0 Å². The lowest BCUT2D eigenvalue weighted by Gasteiger charge is -2.05. The molecule has 24 heavy (non-hydrogen) atoms. The summed E-state index contributed by atoms with van der Waals surface area (Å²) >= 11 is 0. The Labute approximate surface area is 135 Å². The van der Waals surface area contributed by atoms with Gasteiger partial charge < -0.3 is 16.5 Å². The van der Waals surface area contributed by atoms with Gasteiger partial charge in [-0.3, -0.25) is 9.36 Å². The molecule has 7 nitrogen and oxygen atoms in total. The number of hydrogen-bond donors (Lipinski definition) is 3. The van der Waals surface area contributed by atoms with Gasteiger partial charge in [0.2, 0.25) is 0 Å². The molecule has 0 saturated carbocycles. The summed E-state index contributed by atoms with van der Waals surface area (Å²) in [5, 5.41) is 0. The van der Waals surface area contributed by atoms with Crippen molar-refractivity contribution in [2.75, 3.05) is 0 Å². The SMILES string of the molecule is NC(N)=NC(=O)c1ccc2[nH]c(=O)n(Cc3ccc(F)cc3)c2c1. The lowest BCUT2D eigenvalue weighted by Crippen LogP contribution is -2.24. The zero-order valence-corrected chi connectivity index (χ0v) is 12.5. The minimum Gasteiger partial charge on any atom is -0.370 e. The summed E-state index contributed by atoms with van der Waals surface area (Å²) in [6.07, 6.45) is 0. The molecule has 3 aromatic rings. The average molecular weight is 327 g/mol. The third kappa shape index (κ3) is 3.02. The highest BCUT2D eigenvalue weighted by Crippen LogP contribution is 2.15. The zero-order chi connectivity index (χ0) is 17.3. The number of carbonyl (C=O) groups excluding carboxylic acids is 1. The minimum absolute atomic E-state index is 0.235. The van der Waals surface area contributed by atoms with Crippen LogP contribution in [0.4, 0.5) is 4.39 Å². The van der Waals surface area contributed by atoms with E-state index >= 15 is 0 Å². The van der Waals surface area contributed by atoms with Crippen molar-refractivity contribution < 1.29 is 9.18 Å². The molecule has 0 bridgehead atoms. The third-order valence-electron chi connectivity index (χ3n) is 3.51. The fourth-order valence-corrected chi connectivity index (χ4v) is 2.40. The molecule has 0 radical (unpaired) electrons. The van der Waals surface area contributed by atoms with Gasteiger partial charge in [-0.25, -0.2) is 9.18 Å². The largest absolute Gasteiger partial charge is 0.370 e. The van der Waals surface area contributed by atoms with Gasteiger partial charge in [-0.05, 0) is 35.9 Å². The van der Waals surface area contributed by atoms with Gasteiger partial charge in [-0.1, -0.05) is 12.1 Å². The smallest absolute Gasteiger partial charge is 0.326 e. The molecule has 3 rings (SSSR count). The predicted molar refractivity (Wildman–Crippen MR) is 88.2 cm³/mol. The summed E-state index contributed by atoms with van der Waals surface area (Å²) in [5.41, 5.74) is 12.2. The molecule has 0 aliphatic rings. The van der Waals surface area contributed by atoms with Crippen LogP contribution in [-0.2, 0) is 6.54 Å². The Morgan fingerprint density at radius 1 is 1.17 bits per heavy atom. The fourth-order valence-electron chi connectivity index (χ4n) is 2.40. The number of aliphatic imine (C=N–C) groups is 1. The van der Waals surface area contributed by atoms with E-state index in [0.717, 1.165) is 5.56 Å². The first-order valence-corrected chi connectivity index (χ1v) is 7.05. The predicted octanol–water partition coefficient (Wildman–Crippen LogP) is 0.931. The van der Waals surface area contributed by atoms with Crippen LogP contribution >= 0.6 is 0 Å². The van der Waals surface area contributed by atoms with Crippen LogP contribution in [0.1, 0.15) is 15.9 Å². The number of nitrogens with one attached hydrogen (secondary N) is 1. The van der Waals surface area contributed by atoms with Crippen LogP contribution in [0.25, 0.3) is 11.0 Å². The molecule has 0 spiro atoms. The van der Waals surface area contributed by atoms with Crippen molar-refractivity contribution in [1.29, 1.82) is 0 Å². The number of nitrogens with two attached hydrogens (primary N) is 2. The maximum atomic E-state index is 13.0. The molecule has 2 aromatic carbocycles. The molecule has 5 N–H and O–H groups in total. The number of aromatic nitrogens is 2. The molecule has 0 aliphatic carbocycles. The minimum atomic E-state index is -0.598. The number of halogens is 1. The van der Waals surface area contributed by atoms with E-state index in [0.29, 0.717) is 11.0 Å². The highest BCUT2D eigenvalue weighted by atomic mass is 19.1. The molecule has 0 saturated heterocycles. The Morgan fingerprint density at radius 2 is 1.88 bits per heavy atom. The maximum Gasteiger partial charge on any atom is 0.326 e. The monoisotopic (exact) mass is 327 g/mol. The number of fused-ring (bicyclic) bond motifs is 1. The van der Waals surface area contributed by atoms with Crippen LogP contribution in [0.5, 0.6) is 0 Å². The number of carbonyl (C=O) groups is 1. The summed E-state index contributed by atoms with van der Waals surface area (Å²) in [5.74, 6) is -1.29. The number of rotatable bonds is 3. The van der Waals surface area contributed by atoms with Crippen LogP contribution in [0.3, 0.4) is 0 Å². The highest BCUT2D eigenvalue weighted by molar-refractivity contribution is 6.03. The van der Waals surface area contributed by atoms with Crippen LogP contribution in [0, 0.1) is 5.82 Å². The Kier molecular flexibility index (Phi) is 3.87. The van der Waals surface area contributed by atoms with E-state index in [2.05, 4.69) is 9.98 Å². The van der Waals surface area contributed by atoms with E-state index in [1.165, 1.54) is 28.8 Å². The average Bonchev–Trinajstić information content (AvgIpc) is 2.84. The summed E-state index contributed by atoms with van der Waals surface area (Å²) in [7, 11) is 0. The molecule has 122 valence electrons. The number of hydrogen-bond acceptors (Lipinski definition) is 2. The molecule has 0 aliphatic heterocycles. The van der Waals surface area contributed by atoms with E-state index in [-0.39, 0.29) is 29.6 Å². The Bertz CT molecular complexity index is 997. The van der Waals surface area contributed by atoms with Gasteiger partial charge in [0, 0.05) is 5.56 Å². The summed E-state index contributed by atoms with van der Waals surface area (Å²) in [4.78, 5) is 30.3. The molecule has 1 aromatic heterocycles. The Hall–Kier alpha value is -3.42. The molecule has 8 heteroatoms. The summed E-state index contributed by atoms with van der Waals surface area (Å²) < 4.78 is 14.5. The number of imidazole rings is 1. The molecule has 1 heterocycles. The van der Waals surface area contributed by atoms with Crippen LogP contribution in [0.2, 0.25) is 0 Å². The first-order valence-electron chi connectivity index (χ1n) is 7.05. The molecular weight excluding hydrogens is 313 g/mol. The van der Waals surface area contributed by atoms with Gasteiger partial charge in [0.05, 0.1) is 17.6 Å². The van der Waals surface area contributed by atoms with Crippen molar-refractivity contribution in [1.82, 2.24) is 9.55 Å². The first-order chi connectivity index (χ1) is 11.4. The van der Waals surface area contributed by atoms with E-state index in [4.69, 9.17) is 11.5 Å². The summed E-state index contributed by atoms with van der Waals surface area (Å²) in [6.45, 7) is 0.235. The van der Waals surface area contributed by atoms with Crippen LogP contribution < -0.4 is 17.2 Å². The first kappa shape index (κ1) is 15.5. The number of H-pyrrole nitrogens is 1. The van der Waals surface area contributed by atoms with Crippen LogP contribution in [-0.4, -0.2) is 21.4 Å². The molecular formula is C16H14FN5O2. The standard InChI is InChI=1S/C16H14FN5O2/c17-11-4-1-9(2-5-11)8-22-13-7-10(14(23)21-15(18)19)3-6-12(13)20-16(22)24/h1-7H,8H2,(H,20,24)(H4,18,19,21,23). The highest BCUT2D eigenvalue weighted by Gasteiger charge is 2.11. The molecule has 0 atom stereocenters. The Morgan fingerprint density at radius 3 is 2.54 bits per heavy atom. The van der Waals surface area contributed by atoms with Crippen molar-refractivity contribution >= 4 is 22.9 Å². The van der Waals surface area contributed by atoms with Gasteiger partial charge >= 0.3 is 5.69 Å². The number of guanidine groups is 1. The number of benzene rings is 2. The zero-order valence-electron chi connectivity index (χ0n) is 12.5. The number of nitrogens with zero attached hydrogens (tertiary/aromatic N) is 2. The lowest BCUT2D eigenvalue weighted by molar-refractivity contribution is 0.100. The van der Waals surface area contributed by atoms with Crippen molar-refractivity contribution in [2.24, 2.45) is 16.5 Å². The van der Waals surface area contributed by atoms with Gasteiger partial charge in [0.1, 0.15) is 5.82 Å². The number of amides is 1. The molecule has 1 amide bonds.